The monoisotopic (exact) mass is 291 g/mol. The molecule has 0 aliphatic carbocycles. The lowest BCUT2D eigenvalue weighted by Gasteiger charge is -2.18. The quantitative estimate of drug-likeness (QED) is 0.869. The highest BCUT2D eigenvalue weighted by atomic mass is 35.5. The number of aryl methyl sites for hydroxylation is 1. The third-order valence-corrected chi connectivity index (χ3v) is 3.51. The first-order chi connectivity index (χ1) is 9.51. The number of ether oxygens (including phenoxy) is 1. The zero-order chi connectivity index (χ0) is 14.7. The summed E-state index contributed by atoms with van der Waals surface area (Å²) in [6.45, 7) is 4.08. The number of nitrogens with one attached hydrogen (secondary N) is 1. The van der Waals surface area contributed by atoms with Gasteiger partial charge in [0.2, 0.25) is 0 Å². The largest absolute Gasteiger partial charge is 0.504 e. The first-order valence-corrected chi connectivity index (χ1v) is 6.78. The molecule has 1 unspecified atom stereocenters. The van der Waals surface area contributed by atoms with Crippen LogP contribution in [0, 0.1) is 6.92 Å². The van der Waals surface area contributed by atoms with Crippen LogP contribution in [0.15, 0.2) is 36.4 Å². The highest BCUT2D eigenvalue weighted by Gasteiger charge is 2.10. The third kappa shape index (κ3) is 3.17. The van der Waals surface area contributed by atoms with E-state index in [-0.39, 0.29) is 11.8 Å². The van der Waals surface area contributed by atoms with Gasteiger partial charge in [0.1, 0.15) is 0 Å². The zero-order valence-corrected chi connectivity index (χ0v) is 12.5. The molecule has 3 nitrogen and oxygen atoms in total. The zero-order valence-electron chi connectivity index (χ0n) is 11.8. The Morgan fingerprint density at radius 1 is 1.20 bits per heavy atom. The lowest BCUT2D eigenvalue weighted by Crippen LogP contribution is -2.07. The van der Waals surface area contributed by atoms with Gasteiger partial charge in [0, 0.05) is 16.8 Å². The van der Waals surface area contributed by atoms with Crippen LogP contribution in [0.2, 0.25) is 5.02 Å². The van der Waals surface area contributed by atoms with Crippen LogP contribution in [-0.2, 0) is 0 Å². The summed E-state index contributed by atoms with van der Waals surface area (Å²) in [6, 6.07) is 11.2. The minimum atomic E-state index is 0.0710. The van der Waals surface area contributed by atoms with Crippen molar-refractivity contribution < 1.29 is 9.84 Å². The Morgan fingerprint density at radius 3 is 2.65 bits per heavy atom. The topological polar surface area (TPSA) is 41.5 Å². The second-order valence-corrected chi connectivity index (χ2v) is 5.19. The van der Waals surface area contributed by atoms with E-state index in [9.17, 15) is 5.11 Å². The van der Waals surface area contributed by atoms with Crippen molar-refractivity contribution in [3.05, 3.63) is 52.5 Å². The Morgan fingerprint density at radius 2 is 1.95 bits per heavy atom. The highest BCUT2D eigenvalue weighted by Crippen LogP contribution is 2.31. The molecule has 0 radical (unpaired) electrons. The number of methoxy groups -OCH3 is 1. The average Bonchev–Trinajstić information content (AvgIpc) is 2.43. The average molecular weight is 292 g/mol. The van der Waals surface area contributed by atoms with E-state index < -0.39 is 0 Å². The summed E-state index contributed by atoms with van der Waals surface area (Å²) < 4.78 is 5.13. The van der Waals surface area contributed by atoms with Gasteiger partial charge < -0.3 is 15.2 Å². The maximum Gasteiger partial charge on any atom is 0.160 e. The van der Waals surface area contributed by atoms with Crippen LogP contribution in [0.1, 0.15) is 24.1 Å². The predicted molar refractivity (Wildman–Crippen MR) is 82.9 cm³/mol. The number of benzene rings is 2. The van der Waals surface area contributed by atoms with Gasteiger partial charge in [-0.3, -0.25) is 0 Å². The molecule has 0 spiro atoms. The lowest BCUT2D eigenvalue weighted by molar-refractivity contribution is 0.373. The van der Waals surface area contributed by atoms with Gasteiger partial charge in [-0.1, -0.05) is 23.7 Å². The van der Waals surface area contributed by atoms with Gasteiger partial charge in [-0.25, -0.2) is 0 Å². The van der Waals surface area contributed by atoms with Crippen molar-refractivity contribution in [2.45, 2.75) is 19.9 Å². The molecule has 2 aromatic carbocycles. The minimum absolute atomic E-state index is 0.0710. The molecule has 0 heterocycles. The molecule has 0 aliphatic rings. The highest BCUT2D eigenvalue weighted by molar-refractivity contribution is 6.30. The Balaban J connectivity index is 2.23. The molecule has 1 atom stereocenters. The maximum absolute atomic E-state index is 9.62. The van der Waals surface area contributed by atoms with Crippen molar-refractivity contribution in [1.29, 1.82) is 0 Å². The summed E-state index contributed by atoms with van der Waals surface area (Å²) in [5, 5.41) is 13.7. The van der Waals surface area contributed by atoms with Crippen LogP contribution >= 0.6 is 11.6 Å². The molecular weight excluding hydrogens is 274 g/mol. The van der Waals surface area contributed by atoms with Gasteiger partial charge in [0.15, 0.2) is 11.5 Å². The van der Waals surface area contributed by atoms with Crippen molar-refractivity contribution in [2.75, 3.05) is 12.4 Å². The van der Waals surface area contributed by atoms with Crippen LogP contribution < -0.4 is 10.1 Å². The third-order valence-electron chi connectivity index (χ3n) is 3.28. The first-order valence-electron chi connectivity index (χ1n) is 6.41. The van der Waals surface area contributed by atoms with Gasteiger partial charge in [-0.05, 0) is 49.2 Å². The second kappa shape index (κ2) is 6.06. The summed E-state index contributed by atoms with van der Waals surface area (Å²) in [7, 11) is 1.54. The van der Waals surface area contributed by atoms with Crippen LogP contribution in [0.3, 0.4) is 0 Å². The lowest BCUT2D eigenvalue weighted by atomic mass is 10.1. The van der Waals surface area contributed by atoms with Crippen LogP contribution in [-0.4, -0.2) is 12.2 Å². The Labute approximate surface area is 124 Å². The molecule has 106 valence electrons. The molecule has 0 saturated carbocycles. The number of phenols is 1. The summed E-state index contributed by atoms with van der Waals surface area (Å²) in [6.07, 6.45) is 0. The molecule has 0 fully saturated rings. The van der Waals surface area contributed by atoms with E-state index in [1.54, 1.807) is 6.07 Å². The molecule has 4 heteroatoms. The fraction of sp³-hybridized carbons (Fsp3) is 0.250. The summed E-state index contributed by atoms with van der Waals surface area (Å²) in [5.41, 5.74) is 3.16. The van der Waals surface area contributed by atoms with Crippen molar-refractivity contribution in [2.24, 2.45) is 0 Å². The van der Waals surface area contributed by atoms with Gasteiger partial charge >= 0.3 is 0 Å². The smallest absolute Gasteiger partial charge is 0.160 e. The number of phenolic OH excluding ortho intramolecular Hbond substituents is 1. The number of anilines is 1. The van der Waals surface area contributed by atoms with Crippen LogP contribution in [0.25, 0.3) is 0 Å². The van der Waals surface area contributed by atoms with E-state index >= 15 is 0 Å². The van der Waals surface area contributed by atoms with E-state index in [1.165, 1.54) is 7.11 Å². The molecule has 0 aliphatic heterocycles. The van der Waals surface area contributed by atoms with Gasteiger partial charge in [0.25, 0.3) is 0 Å². The molecule has 0 saturated heterocycles. The predicted octanol–water partition coefficient (Wildman–Crippen LogP) is 4.54. The SMILES string of the molecule is COc1cc(C(C)Nc2cc(Cl)ccc2C)ccc1O. The van der Waals surface area contributed by atoms with Crippen LogP contribution in [0.4, 0.5) is 5.69 Å². The van der Waals surface area contributed by atoms with Gasteiger partial charge in [0.05, 0.1) is 7.11 Å². The normalized spacial score (nSPS) is 12.0. The fourth-order valence-electron chi connectivity index (χ4n) is 2.03. The molecular formula is C16H18ClNO2. The van der Waals surface area contributed by atoms with E-state index in [0.29, 0.717) is 10.8 Å². The van der Waals surface area contributed by atoms with Crippen molar-refractivity contribution in [3.63, 3.8) is 0 Å². The van der Waals surface area contributed by atoms with Crippen molar-refractivity contribution in [1.82, 2.24) is 0 Å². The first kappa shape index (κ1) is 14.5. The molecule has 0 amide bonds. The van der Waals surface area contributed by atoms with Crippen LogP contribution in [0.5, 0.6) is 11.5 Å². The molecule has 0 bridgehead atoms. The number of rotatable bonds is 4. The molecule has 2 N–H and O–H groups in total. The van der Waals surface area contributed by atoms with E-state index in [1.807, 2.05) is 44.2 Å². The molecule has 2 aromatic rings. The van der Waals surface area contributed by atoms with Gasteiger partial charge in [-0.15, -0.1) is 0 Å². The molecule has 2 rings (SSSR count). The van der Waals surface area contributed by atoms with E-state index in [2.05, 4.69) is 5.32 Å². The van der Waals surface area contributed by atoms with E-state index in [0.717, 1.165) is 16.8 Å². The van der Waals surface area contributed by atoms with E-state index in [4.69, 9.17) is 16.3 Å². The van der Waals surface area contributed by atoms with Crippen molar-refractivity contribution >= 4 is 17.3 Å². The number of hydrogen-bond donors (Lipinski definition) is 2. The molecule has 0 aromatic heterocycles. The number of halogens is 1. The number of aromatic hydroxyl groups is 1. The number of hydrogen-bond acceptors (Lipinski definition) is 3. The molecule has 20 heavy (non-hydrogen) atoms. The maximum atomic E-state index is 9.62. The standard InChI is InChI=1S/C16H18ClNO2/c1-10-4-6-13(17)9-14(10)18-11(2)12-5-7-15(19)16(8-12)20-3/h4-9,11,18-19H,1-3H3. The summed E-state index contributed by atoms with van der Waals surface area (Å²) >= 11 is 6.02. The summed E-state index contributed by atoms with van der Waals surface area (Å²) in [5.74, 6) is 0.612. The Bertz CT molecular complexity index is 613. The second-order valence-electron chi connectivity index (χ2n) is 4.76. The summed E-state index contributed by atoms with van der Waals surface area (Å²) in [4.78, 5) is 0. The Hall–Kier alpha value is -1.87. The fourth-order valence-corrected chi connectivity index (χ4v) is 2.20. The Kier molecular flexibility index (Phi) is 4.40. The van der Waals surface area contributed by atoms with Gasteiger partial charge in [-0.2, -0.15) is 0 Å². The minimum Gasteiger partial charge on any atom is -0.504 e. The van der Waals surface area contributed by atoms with Crippen molar-refractivity contribution in [3.8, 4) is 11.5 Å².